The number of hydrogen-bond donors (Lipinski definition) is 2. The van der Waals surface area contributed by atoms with Crippen LogP contribution < -0.4 is 5.32 Å². The fourth-order valence-corrected chi connectivity index (χ4v) is 2.62. The zero-order valence-electron chi connectivity index (χ0n) is 12.1. The normalized spacial score (nSPS) is 23.3. The van der Waals surface area contributed by atoms with Crippen LogP contribution >= 0.6 is 0 Å². The fraction of sp³-hybridized carbons (Fsp3) is 0.500. The second-order valence-corrected chi connectivity index (χ2v) is 5.37. The number of rotatable bonds is 5. The number of carbonyl (C=O) groups is 2. The van der Waals surface area contributed by atoms with Crippen LogP contribution in [0.15, 0.2) is 30.3 Å². The number of hydrogen-bond acceptors (Lipinski definition) is 5. The molecule has 0 radical (unpaired) electrons. The first-order valence-electron chi connectivity index (χ1n) is 7.22. The minimum atomic E-state index is -0.955. The molecule has 0 aliphatic carbocycles. The lowest BCUT2D eigenvalue weighted by Gasteiger charge is -2.32. The molecule has 21 heavy (non-hydrogen) atoms. The van der Waals surface area contributed by atoms with Crippen LogP contribution in [0.2, 0.25) is 0 Å². The predicted octanol–water partition coefficient (Wildman–Crippen LogP) is 1.05. The molecule has 1 fully saturated rings. The molecular weight excluding hydrogens is 270 g/mol. The van der Waals surface area contributed by atoms with Gasteiger partial charge in [0.25, 0.3) is 0 Å². The van der Waals surface area contributed by atoms with E-state index in [2.05, 4.69) is 5.32 Å². The highest BCUT2D eigenvalue weighted by Gasteiger charge is 2.39. The Balaban J connectivity index is 2.00. The zero-order chi connectivity index (χ0) is 15.2. The number of ether oxygens (including phenoxy) is 1. The third-order valence-electron chi connectivity index (χ3n) is 3.75. The zero-order valence-corrected chi connectivity index (χ0v) is 12.1. The summed E-state index contributed by atoms with van der Waals surface area (Å²) in [5.41, 5.74) is 0.866. The van der Waals surface area contributed by atoms with Crippen LogP contribution in [-0.2, 0) is 20.9 Å². The molecule has 0 saturated carbocycles. The van der Waals surface area contributed by atoms with Crippen molar-refractivity contribution in [2.45, 2.75) is 38.5 Å². The van der Waals surface area contributed by atoms with E-state index in [1.54, 1.807) is 0 Å². The molecule has 2 N–H and O–H groups in total. The molecule has 5 heteroatoms. The molecule has 1 aliphatic rings. The molecule has 5 nitrogen and oxygen atoms in total. The summed E-state index contributed by atoms with van der Waals surface area (Å²) in [5, 5.41) is 13.1. The van der Waals surface area contributed by atoms with Crippen LogP contribution in [0, 0.1) is 5.92 Å². The minimum Gasteiger partial charge on any atom is -0.460 e. The lowest BCUT2D eigenvalue weighted by molar-refractivity contribution is -0.156. The Morgan fingerprint density at radius 3 is 2.71 bits per heavy atom. The molecule has 1 aromatic rings. The molecule has 1 heterocycles. The van der Waals surface area contributed by atoms with Gasteiger partial charge in [0.2, 0.25) is 0 Å². The van der Waals surface area contributed by atoms with E-state index in [0.29, 0.717) is 13.0 Å². The minimum absolute atomic E-state index is 0.131. The summed E-state index contributed by atoms with van der Waals surface area (Å²) in [4.78, 5) is 24.0. The Labute approximate surface area is 124 Å². The number of esters is 1. The van der Waals surface area contributed by atoms with Gasteiger partial charge in [-0.1, -0.05) is 30.3 Å². The Bertz CT molecular complexity index is 488. The Hall–Kier alpha value is -1.72. The summed E-state index contributed by atoms with van der Waals surface area (Å²) < 4.78 is 5.24. The van der Waals surface area contributed by atoms with Crippen molar-refractivity contribution in [2.24, 2.45) is 5.92 Å². The average Bonchev–Trinajstić information content (AvgIpc) is 2.48. The van der Waals surface area contributed by atoms with Crippen molar-refractivity contribution in [2.75, 3.05) is 6.54 Å². The monoisotopic (exact) mass is 291 g/mol. The highest BCUT2D eigenvalue weighted by molar-refractivity contribution is 5.98. The summed E-state index contributed by atoms with van der Waals surface area (Å²) in [6.07, 6.45) is 0.728. The quantitative estimate of drug-likeness (QED) is 0.626. The standard InChI is InChI=1S/C16H21NO4/c1-11(18)14(15-13(19)8-5-9-17-15)16(20)21-10-12-6-3-2-4-7-12/h2-4,6-7,13-15,17,19H,5,8-10H2,1H3. The molecule has 1 aromatic carbocycles. The van der Waals surface area contributed by atoms with Gasteiger partial charge in [0.05, 0.1) is 12.1 Å². The molecular formula is C16H21NO4. The maximum Gasteiger partial charge on any atom is 0.318 e. The van der Waals surface area contributed by atoms with Crippen molar-refractivity contribution in [3.05, 3.63) is 35.9 Å². The molecule has 0 aromatic heterocycles. The van der Waals surface area contributed by atoms with Crippen LogP contribution in [0.25, 0.3) is 0 Å². The molecule has 1 aliphatic heterocycles. The molecule has 0 spiro atoms. The second kappa shape index (κ2) is 7.33. The second-order valence-electron chi connectivity index (χ2n) is 5.37. The molecule has 114 valence electrons. The summed E-state index contributed by atoms with van der Waals surface area (Å²) in [6, 6.07) is 8.75. The molecule has 3 unspecified atom stereocenters. The Morgan fingerprint density at radius 1 is 1.38 bits per heavy atom. The van der Waals surface area contributed by atoms with Crippen molar-refractivity contribution >= 4 is 11.8 Å². The summed E-state index contributed by atoms with van der Waals surface area (Å²) in [7, 11) is 0. The van der Waals surface area contributed by atoms with E-state index in [4.69, 9.17) is 4.74 Å². The van der Waals surface area contributed by atoms with Crippen molar-refractivity contribution < 1.29 is 19.4 Å². The first kappa shape index (κ1) is 15.7. The van der Waals surface area contributed by atoms with Gasteiger partial charge < -0.3 is 15.2 Å². The maximum atomic E-state index is 12.2. The van der Waals surface area contributed by atoms with E-state index in [1.807, 2.05) is 30.3 Å². The van der Waals surface area contributed by atoms with E-state index in [1.165, 1.54) is 6.92 Å². The van der Waals surface area contributed by atoms with E-state index in [9.17, 15) is 14.7 Å². The van der Waals surface area contributed by atoms with E-state index < -0.39 is 24.0 Å². The largest absolute Gasteiger partial charge is 0.460 e. The van der Waals surface area contributed by atoms with Crippen LogP contribution in [0.5, 0.6) is 0 Å². The number of piperidine rings is 1. The Morgan fingerprint density at radius 2 is 2.10 bits per heavy atom. The van der Waals surface area contributed by atoms with Crippen molar-refractivity contribution in [3.8, 4) is 0 Å². The van der Waals surface area contributed by atoms with Crippen LogP contribution in [0.3, 0.4) is 0 Å². The van der Waals surface area contributed by atoms with Gasteiger partial charge in [-0.05, 0) is 31.9 Å². The number of Topliss-reactive ketones (excluding diaryl/α,β-unsaturated/α-hetero) is 1. The smallest absolute Gasteiger partial charge is 0.318 e. The van der Waals surface area contributed by atoms with E-state index in [0.717, 1.165) is 12.0 Å². The first-order chi connectivity index (χ1) is 10.1. The lowest BCUT2D eigenvalue weighted by Crippen LogP contribution is -2.54. The van der Waals surface area contributed by atoms with Gasteiger partial charge in [0, 0.05) is 0 Å². The highest BCUT2D eigenvalue weighted by Crippen LogP contribution is 2.19. The third kappa shape index (κ3) is 4.12. The topological polar surface area (TPSA) is 75.6 Å². The van der Waals surface area contributed by atoms with Gasteiger partial charge in [0.15, 0.2) is 0 Å². The first-order valence-corrected chi connectivity index (χ1v) is 7.22. The van der Waals surface area contributed by atoms with E-state index >= 15 is 0 Å². The van der Waals surface area contributed by atoms with Gasteiger partial charge in [0.1, 0.15) is 18.3 Å². The number of nitrogens with one attached hydrogen (secondary N) is 1. The number of aliphatic hydroxyl groups is 1. The molecule has 0 amide bonds. The molecule has 2 rings (SSSR count). The third-order valence-corrected chi connectivity index (χ3v) is 3.75. The SMILES string of the molecule is CC(=O)C(C(=O)OCc1ccccc1)C1NCCCC1O. The summed E-state index contributed by atoms with van der Waals surface area (Å²) in [6.45, 7) is 2.18. The summed E-state index contributed by atoms with van der Waals surface area (Å²) in [5.74, 6) is -1.82. The van der Waals surface area contributed by atoms with Crippen LogP contribution in [-0.4, -0.2) is 35.5 Å². The molecule has 0 bridgehead atoms. The van der Waals surface area contributed by atoms with Crippen molar-refractivity contribution in [1.82, 2.24) is 5.32 Å². The number of carbonyl (C=O) groups excluding carboxylic acids is 2. The maximum absolute atomic E-state index is 12.2. The van der Waals surface area contributed by atoms with E-state index in [-0.39, 0.29) is 12.4 Å². The number of aliphatic hydroxyl groups excluding tert-OH is 1. The number of benzene rings is 1. The van der Waals surface area contributed by atoms with Gasteiger partial charge in [-0.3, -0.25) is 9.59 Å². The predicted molar refractivity (Wildman–Crippen MR) is 77.4 cm³/mol. The van der Waals surface area contributed by atoms with Crippen molar-refractivity contribution in [1.29, 1.82) is 0 Å². The van der Waals surface area contributed by atoms with Crippen LogP contribution in [0.4, 0.5) is 0 Å². The fourth-order valence-electron chi connectivity index (χ4n) is 2.62. The molecule has 3 atom stereocenters. The lowest BCUT2D eigenvalue weighted by atomic mass is 9.87. The van der Waals surface area contributed by atoms with Gasteiger partial charge in [-0.2, -0.15) is 0 Å². The van der Waals surface area contributed by atoms with Gasteiger partial charge in [-0.15, -0.1) is 0 Å². The number of ketones is 1. The Kier molecular flexibility index (Phi) is 5.47. The van der Waals surface area contributed by atoms with Crippen molar-refractivity contribution in [3.63, 3.8) is 0 Å². The van der Waals surface area contributed by atoms with Gasteiger partial charge >= 0.3 is 5.97 Å². The highest BCUT2D eigenvalue weighted by atomic mass is 16.5. The average molecular weight is 291 g/mol. The van der Waals surface area contributed by atoms with Gasteiger partial charge in [-0.25, -0.2) is 0 Å². The molecule has 1 saturated heterocycles. The van der Waals surface area contributed by atoms with Crippen LogP contribution in [0.1, 0.15) is 25.3 Å². The summed E-state index contributed by atoms with van der Waals surface area (Å²) >= 11 is 0.